The summed E-state index contributed by atoms with van der Waals surface area (Å²) in [6.07, 6.45) is 1.71. The molecule has 2 aromatic rings. The Balaban J connectivity index is 2.46. The van der Waals surface area contributed by atoms with Crippen LogP contribution in [0.5, 0.6) is 0 Å². The fourth-order valence-electron chi connectivity index (χ4n) is 2.22. The highest BCUT2D eigenvalue weighted by Crippen LogP contribution is 2.20. The molecule has 0 heterocycles. The Morgan fingerprint density at radius 3 is 2.41 bits per heavy atom. The molecule has 0 bridgehead atoms. The van der Waals surface area contributed by atoms with Crippen molar-refractivity contribution < 1.29 is 9.59 Å². The Kier molecular flexibility index (Phi) is 4.94. The van der Waals surface area contributed by atoms with Crippen LogP contribution in [-0.4, -0.2) is 17.9 Å². The Morgan fingerprint density at radius 1 is 1.05 bits per heavy atom. The lowest BCUT2D eigenvalue weighted by atomic mass is 10.0. The lowest BCUT2D eigenvalue weighted by Crippen LogP contribution is -2.37. The fraction of sp³-hybridized carbons (Fsp3) is 0.222. The molecular weight excluding hydrogens is 276 g/mol. The largest absolute Gasteiger partial charge is 0.349 e. The molecule has 114 valence electrons. The van der Waals surface area contributed by atoms with Gasteiger partial charge in [-0.15, -0.1) is 0 Å². The minimum Gasteiger partial charge on any atom is -0.349 e. The minimum atomic E-state index is -0.293. The summed E-state index contributed by atoms with van der Waals surface area (Å²) in [6, 6.07) is 13.8. The second kappa shape index (κ2) is 6.89. The van der Waals surface area contributed by atoms with Crippen molar-refractivity contribution in [2.75, 3.05) is 0 Å². The molecule has 22 heavy (non-hydrogen) atoms. The molecule has 0 saturated heterocycles. The zero-order valence-corrected chi connectivity index (χ0v) is 13.0. The van der Waals surface area contributed by atoms with E-state index < -0.39 is 0 Å². The molecule has 0 unspecified atom stereocenters. The normalized spacial score (nSPS) is 11.5. The molecule has 2 rings (SSSR count). The average molecular weight is 296 g/mol. The van der Waals surface area contributed by atoms with Crippen molar-refractivity contribution in [2.24, 2.45) is 0 Å². The molecular formula is C18H20N2O2. The summed E-state index contributed by atoms with van der Waals surface area (Å²) in [7, 11) is 0. The van der Waals surface area contributed by atoms with E-state index in [4.69, 9.17) is 0 Å². The average Bonchev–Trinajstić information content (AvgIpc) is 2.45. The number of nitrogens with one attached hydrogen (secondary N) is 2. The molecule has 0 saturated carbocycles. The number of hydrogen-bond acceptors (Lipinski definition) is 2. The Morgan fingerprint density at radius 2 is 1.73 bits per heavy atom. The van der Waals surface area contributed by atoms with Crippen molar-refractivity contribution >= 4 is 28.7 Å². The van der Waals surface area contributed by atoms with Crippen molar-refractivity contribution in [3.05, 3.63) is 53.7 Å². The van der Waals surface area contributed by atoms with Gasteiger partial charge in [-0.2, -0.15) is 0 Å². The summed E-state index contributed by atoms with van der Waals surface area (Å²) >= 11 is 0. The van der Waals surface area contributed by atoms with E-state index in [1.807, 2.05) is 56.3 Å². The van der Waals surface area contributed by atoms with Gasteiger partial charge in [-0.25, -0.2) is 0 Å². The summed E-state index contributed by atoms with van der Waals surface area (Å²) in [5.74, 6) is -0.566. The zero-order chi connectivity index (χ0) is 16.1. The molecule has 0 aliphatic rings. The van der Waals surface area contributed by atoms with Crippen LogP contribution in [0.1, 0.15) is 26.3 Å². The molecule has 2 amide bonds. The van der Waals surface area contributed by atoms with Gasteiger partial charge >= 0.3 is 0 Å². The van der Waals surface area contributed by atoms with E-state index in [0.717, 1.165) is 16.3 Å². The summed E-state index contributed by atoms with van der Waals surface area (Å²) in [4.78, 5) is 23.6. The van der Waals surface area contributed by atoms with Crippen LogP contribution in [0.3, 0.4) is 0 Å². The third-order valence-electron chi connectivity index (χ3n) is 3.10. The molecule has 0 fully saturated rings. The molecule has 4 nitrogen and oxygen atoms in total. The second-order valence-corrected chi connectivity index (χ2v) is 5.44. The van der Waals surface area contributed by atoms with Gasteiger partial charge in [0.2, 0.25) is 5.91 Å². The molecule has 0 aliphatic heterocycles. The maximum absolute atomic E-state index is 12.2. The Labute approximate surface area is 130 Å². The first kappa shape index (κ1) is 15.8. The van der Waals surface area contributed by atoms with E-state index in [0.29, 0.717) is 0 Å². The summed E-state index contributed by atoms with van der Waals surface area (Å²) in [5.41, 5.74) is 1.14. The van der Waals surface area contributed by atoms with Gasteiger partial charge in [-0.05, 0) is 36.3 Å². The van der Waals surface area contributed by atoms with Gasteiger partial charge < -0.3 is 10.6 Å². The SMILES string of the molecule is CC(=O)N/C(=C/c1cccc2ccccc12)C(=O)NC(C)C. The van der Waals surface area contributed by atoms with Crippen LogP contribution in [0.2, 0.25) is 0 Å². The van der Waals surface area contributed by atoms with Gasteiger partial charge in [0.15, 0.2) is 0 Å². The predicted octanol–water partition coefficient (Wildman–Crippen LogP) is 2.84. The lowest BCUT2D eigenvalue weighted by Gasteiger charge is -2.12. The third kappa shape index (κ3) is 3.95. The topological polar surface area (TPSA) is 58.2 Å². The van der Waals surface area contributed by atoms with E-state index in [-0.39, 0.29) is 23.6 Å². The highest BCUT2D eigenvalue weighted by molar-refractivity contribution is 6.03. The summed E-state index contributed by atoms with van der Waals surface area (Å²) in [6.45, 7) is 5.14. The first-order chi connectivity index (χ1) is 10.5. The van der Waals surface area contributed by atoms with E-state index in [2.05, 4.69) is 10.6 Å². The van der Waals surface area contributed by atoms with Crippen molar-refractivity contribution in [1.29, 1.82) is 0 Å². The smallest absolute Gasteiger partial charge is 0.268 e. The van der Waals surface area contributed by atoms with Crippen LogP contribution >= 0.6 is 0 Å². The number of carbonyl (C=O) groups is 2. The van der Waals surface area contributed by atoms with Crippen molar-refractivity contribution in [3.8, 4) is 0 Å². The fourth-order valence-corrected chi connectivity index (χ4v) is 2.22. The van der Waals surface area contributed by atoms with Crippen molar-refractivity contribution in [3.63, 3.8) is 0 Å². The molecule has 0 radical (unpaired) electrons. The lowest BCUT2D eigenvalue weighted by molar-refractivity contribution is -0.122. The van der Waals surface area contributed by atoms with Crippen molar-refractivity contribution in [1.82, 2.24) is 10.6 Å². The predicted molar refractivity (Wildman–Crippen MR) is 89.0 cm³/mol. The minimum absolute atomic E-state index is 0.00262. The highest BCUT2D eigenvalue weighted by Gasteiger charge is 2.12. The molecule has 0 atom stereocenters. The van der Waals surface area contributed by atoms with E-state index >= 15 is 0 Å². The summed E-state index contributed by atoms with van der Waals surface area (Å²) < 4.78 is 0. The van der Waals surface area contributed by atoms with Crippen LogP contribution < -0.4 is 10.6 Å². The monoisotopic (exact) mass is 296 g/mol. The molecule has 0 aliphatic carbocycles. The van der Waals surface area contributed by atoms with Gasteiger partial charge in [-0.3, -0.25) is 9.59 Å². The number of amides is 2. The highest BCUT2D eigenvalue weighted by atomic mass is 16.2. The number of rotatable bonds is 4. The number of carbonyl (C=O) groups excluding carboxylic acids is 2. The summed E-state index contributed by atoms with van der Waals surface area (Å²) in [5, 5.41) is 7.52. The van der Waals surface area contributed by atoms with Gasteiger partial charge in [-0.1, -0.05) is 42.5 Å². The Bertz CT molecular complexity index is 727. The third-order valence-corrected chi connectivity index (χ3v) is 3.10. The maximum atomic E-state index is 12.2. The van der Waals surface area contributed by atoms with Crippen LogP contribution in [0, 0.1) is 0 Å². The Hall–Kier alpha value is -2.62. The number of fused-ring (bicyclic) bond motifs is 1. The maximum Gasteiger partial charge on any atom is 0.268 e. The molecule has 2 N–H and O–H groups in total. The van der Waals surface area contributed by atoms with E-state index in [1.165, 1.54) is 6.92 Å². The van der Waals surface area contributed by atoms with Crippen LogP contribution in [0.15, 0.2) is 48.2 Å². The van der Waals surface area contributed by atoms with Crippen LogP contribution in [-0.2, 0) is 9.59 Å². The first-order valence-electron chi connectivity index (χ1n) is 7.25. The molecule has 4 heteroatoms. The van der Waals surface area contributed by atoms with Gasteiger partial charge in [0.05, 0.1) is 0 Å². The van der Waals surface area contributed by atoms with E-state index in [1.54, 1.807) is 6.08 Å². The molecule has 0 spiro atoms. The standard InChI is InChI=1S/C18H20N2O2/c1-12(2)19-18(22)17(20-13(3)21)11-15-9-6-8-14-7-4-5-10-16(14)15/h4-12H,1-3H3,(H,19,22)(H,20,21)/b17-11+. The zero-order valence-electron chi connectivity index (χ0n) is 13.0. The molecule has 0 aromatic heterocycles. The van der Waals surface area contributed by atoms with E-state index in [9.17, 15) is 9.59 Å². The van der Waals surface area contributed by atoms with Gasteiger partial charge in [0.25, 0.3) is 5.91 Å². The number of hydrogen-bond donors (Lipinski definition) is 2. The molecule has 2 aromatic carbocycles. The first-order valence-corrected chi connectivity index (χ1v) is 7.25. The number of benzene rings is 2. The van der Waals surface area contributed by atoms with Gasteiger partial charge in [0.1, 0.15) is 5.70 Å². The second-order valence-electron chi connectivity index (χ2n) is 5.44. The van der Waals surface area contributed by atoms with Crippen LogP contribution in [0.25, 0.3) is 16.8 Å². The van der Waals surface area contributed by atoms with Crippen LogP contribution in [0.4, 0.5) is 0 Å². The van der Waals surface area contributed by atoms with Crippen molar-refractivity contribution in [2.45, 2.75) is 26.8 Å². The van der Waals surface area contributed by atoms with Gasteiger partial charge in [0, 0.05) is 13.0 Å². The quantitative estimate of drug-likeness (QED) is 0.852.